The summed E-state index contributed by atoms with van der Waals surface area (Å²) in [4.78, 5) is 0. The molecule has 0 atom stereocenters. The summed E-state index contributed by atoms with van der Waals surface area (Å²) in [5, 5.41) is 18.2. The number of thioether (sulfide) groups is 1. The highest BCUT2D eigenvalue weighted by atomic mass is 32.2. The molecule has 1 aromatic heterocycles. The lowest BCUT2D eigenvalue weighted by atomic mass is 10.1. The lowest BCUT2D eigenvalue weighted by Crippen LogP contribution is -2.09. The molecule has 0 bridgehead atoms. The molecule has 2 fully saturated rings. The SMILES string of the molecule is N#CCC1(CSc2nnc(CN)n2C2CC2)CC1. The first kappa shape index (κ1) is 12.0. The molecule has 0 saturated heterocycles. The molecule has 0 amide bonds. The highest BCUT2D eigenvalue weighted by Gasteiger charge is 2.43. The van der Waals surface area contributed by atoms with Crippen LogP contribution in [-0.4, -0.2) is 20.5 Å². The Balaban J connectivity index is 1.69. The van der Waals surface area contributed by atoms with E-state index in [1.54, 1.807) is 11.8 Å². The van der Waals surface area contributed by atoms with E-state index in [0.717, 1.165) is 16.7 Å². The van der Waals surface area contributed by atoms with Crippen LogP contribution in [0.2, 0.25) is 0 Å². The molecule has 0 aromatic carbocycles. The van der Waals surface area contributed by atoms with Gasteiger partial charge in [-0.2, -0.15) is 5.26 Å². The molecule has 18 heavy (non-hydrogen) atoms. The Kier molecular flexibility index (Phi) is 3.04. The van der Waals surface area contributed by atoms with Crippen molar-refractivity contribution in [1.82, 2.24) is 14.8 Å². The standard InChI is InChI=1S/C12H17N5S/c13-6-5-12(3-4-12)8-18-11-16-15-10(7-14)17(11)9-1-2-9/h9H,1-5,7-8,14H2. The molecule has 0 aliphatic heterocycles. The predicted molar refractivity (Wildman–Crippen MR) is 68.8 cm³/mol. The van der Waals surface area contributed by atoms with E-state index in [2.05, 4.69) is 20.8 Å². The summed E-state index contributed by atoms with van der Waals surface area (Å²) in [6, 6.07) is 2.86. The van der Waals surface area contributed by atoms with Gasteiger partial charge in [0.25, 0.3) is 0 Å². The number of nitriles is 1. The van der Waals surface area contributed by atoms with Gasteiger partial charge in [0, 0.05) is 18.2 Å². The van der Waals surface area contributed by atoms with Gasteiger partial charge in [-0.05, 0) is 31.1 Å². The van der Waals surface area contributed by atoms with E-state index in [1.165, 1.54) is 25.7 Å². The Morgan fingerprint density at radius 3 is 2.78 bits per heavy atom. The van der Waals surface area contributed by atoms with Gasteiger partial charge in [-0.15, -0.1) is 10.2 Å². The van der Waals surface area contributed by atoms with Crippen molar-refractivity contribution in [2.24, 2.45) is 11.1 Å². The molecule has 1 heterocycles. The second-order valence-corrected chi connectivity index (χ2v) is 6.27. The maximum Gasteiger partial charge on any atom is 0.191 e. The Labute approximate surface area is 111 Å². The smallest absolute Gasteiger partial charge is 0.191 e. The molecular weight excluding hydrogens is 246 g/mol. The molecular formula is C12H17N5S. The largest absolute Gasteiger partial charge is 0.324 e. The zero-order valence-electron chi connectivity index (χ0n) is 10.3. The fourth-order valence-corrected chi connectivity index (χ4v) is 3.50. The fourth-order valence-electron chi connectivity index (χ4n) is 2.18. The normalized spacial score (nSPS) is 20.7. The Morgan fingerprint density at radius 1 is 1.44 bits per heavy atom. The average molecular weight is 263 g/mol. The number of nitrogens with zero attached hydrogens (tertiary/aromatic N) is 4. The van der Waals surface area contributed by atoms with Gasteiger partial charge in [-0.3, -0.25) is 0 Å². The van der Waals surface area contributed by atoms with Gasteiger partial charge in [0.2, 0.25) is 0 Å². The fraction of sp³-hybridized carbons (Fsp3) is 0.750. The molecule has 0 radical (unpaired) electrons. The number of hydrogen-bond acceptors (Lipinski definition) is 5. The van der Waals surface area contributed by atoms with Crippen LogP contribution in [0.4, 0.5) is 0 Å². The highest BCUT2D eigenvalue weighted by molar-refractivity contribution is 7.99. The Bertz CT molecular complexity index is 481. The van der Waals surface area contributed by atoms with E-state index in [4.69, 9.17) is 11.0 Å². The van der Waals surface area contributed by atoms with E-state index in [1.807, 2.05) is 0 Å². The van der Waals surface area contributed by atoms with Gasteiger partial charge in [-0.25, -0.2) is 0 Å². The van der Waals surface area contributed by atoms with E-state index in [9.17, 15) is 0 Å². The van der Waals surface area contributed by atoms with Gasteiger partial charge in [-0.1, -0.05) is 11.8 Å². The van der Waals surface area contributed by atoms with Gasteiger partial charge in [0.1, 0.15) is 5.82 Å². The van der Waals surface area contributed by atoms with Crippen LogP contribution in [0, 0.1) is 16.7 Å². The Hall–Kier alpha value is -1.06. The summed E-state index contributed by atoms with van der Waals surface area (Å²) in [5.74, 6) is 1.88. The minimum Gasteiger partial charge on any atom is -0.324 e. The molecule has 3 rings (SSSR count). The van der Waals surface area contributed by atoms with Crippen molar-refractivity contribution in [3.05, 3.63) is 5.82 Å². The molecule has 0 spiro atoms. The van der Waals surface area contributed by atoms with Crippen molar-refractivity contribution >= 4 is 11.8 Å². The van der Waals surface area contributed by atoms with Crippen LogP contribution in [0.15, 0.2) is 5.16 Å². The zero-order valence-corrected chi connectivity index (χ0v) is 11.1. The lowest BCUT2D eigenvalue weighted by Gasteiger charge is -2.11. The first-order chi connectivity index (χ1) is 8.78. The number of hydrogen-bond donors (Lipinski definition) is 1. The van der Waals surface area contributed by atoms with Gasteiger partial charge in [0.05, 0.1) is 12.6 Å². The first-order valence-corrected chi connectivity index (χ1v) is 7.40. The van der Waals surface area contributed by atoms with Crippen LogP contribution in [0.3, 0.4) is 0 Å². The Morgan fingerprint density at radius 2 is 2.22 bits per heavy atom. The molecule has 96 valence electrons. The van der Waals surface area contributed by atoms with Crippen LogP contribution in [0.5, 0.6) is 0 Å². The summed E-state index contributed by atoms with van der Waals surface area (Å²) in [5.41, 5.74) is 5.95. The summed E-state index contributed by atoms with van der Waals surface area (Å²) in [6.07, 6.45) is 5.44. The third-order valence-corrected chi connectivity index (χ3v) is 5.04. The molecule has 2 aliphatic carbocycles. The monoisotopic (exact) mass is 263 g/mol. The highest BCUT2D eigenvalue weighted by Crippen LogP contribution is 2.52. The van der Waals surface area contributed by atoms with Crippen molar-refractivity contribution in [1.29, 1.82) is 5.26 Å². The van der Waals surface area contributed by atoms with Crippen LogP contribution >= 0.6 is 11.8 Å². The van der Waals surface area contributed by atoms with Gasteiger partial charge < -0.3 is 10.3 Å². The molecule has 6 heteroatoms. The molecule has 0 unspecified atom stereocenters. The maximum atomic E-state index is 8.83. The summed E-state index contributed by atoms with van der Waals surface area (Å²) >= 11 is 1.74. The van der Waals surface area contributed by atoms with Crippen molar-refractivity contribution < 1.29 is 0 Å². The summed E-state index contributed by atoms with van der Waals surface area (Å²) in [6.45, 7) is 0.452. The lowest BCUT2D eigenvalue weighted by molar-refractivity contribution is 0.595. The molecule has 2 N–H and O–H groups in total. The van der Waals surface area contributed by atoms with Gasteiger partial charge >= 0.3 is 0 Å². The van der Waals surface area contributed by atoms with E-state index >= 15 is 0 Å². The van der Waals surface area contributed by atoms with Crippen molar-refractivity contribution in [2.45, 2.75) is 49.8 Å². The van der Waals surface area contributed by atoms with Crippen LogP contribution in [0.1, 0.15) is 44.0 Å². The van der Waals surface area contributed by atoms with Crippen LogP contribution < -0.4 is 5.73 Å². The molecule has 5 nitrogen and oxygen atoms in total. The maximum absolute atomic E-state index is 8.83. The summed E-state index contributed by atoms with van der Waals surface area (Å²) < 4.78 is 2.20. The van der Waals surface area contributed by atoms with Gasteiger partial charge in [0.15, 0.2) is 5.16 Å². The number of rotatable bonds is 6. The van der Waals surface area contributed by atoms with E-state index in [0.29, 0.717) is 19.0 Å². The molecule has 2 aliphatic rings. The third kappa shape index (κ3) is 2.25. The quantitative estimate of drug-likeness (QED) is 0.792. The van der Waals surface area contributed by atoms with Crippen molar-refractivity contribution in [3.63, 3.8) is 0 Å². The number of nitrogens with two attached hydrogens (primary N) is 1. The minimum absolute atomic E-state index is 0.253. The summed E-state index contributed by atoms with van der Waals surface area (Å²) in [7, 11) is 0. The molecule has 1 aromatic rings. The second kappa shape index (κ2) is 4.56. The van der Waals surface area contributed by atoms with Crippen molar-refractivity contribution in [3.8, 4) is 6.07 Å². The molecule has 2 saturated carbocycles. The van der Waals surface area contributed by atoms with Crippen molar-refractivity contribution in [2.75, 3.05) is 5.75 Å². The topological polar surface area (TPSA) is 80.5 Å². The third-order valence-electron chi connectivity index (χ3n) is 3.75. The first-order valence-electron chi connectivity index (χ1n) is 6.42. The van der Waals surface area contributed by atoms with E-state index < -0.39 is 0 Å². The zero-order chi connectivity index (χ0) is 12.6. The second-order valence-electron chi connectivity index (χ2n) is 5.33. The average Bonchev–Trinajstić information content (AvgIpc) is 3.29. The predicted octanol–water partition coefficient (Wildman–Crippen LogP) is 1.86. The van der Waals surface area contributed by atoms with Crippen LogP contribution in [0.25, 0.3) is 0 Å². The van der Waals surface area contributed by atoms with E-state index in [-0.39, 0.29) is 5.41 Å². The minimum atomic E-state index is 0.253. The van der Waals surface area contributed by atoms with Crippen LogP contribution in [-0.2, 0) is 6.54 Å². The number of aromatic nitrogens is 3.